The third-order valence-electron chi connectivity index (χ3n) is 3.22. The second kappa shape index (κ2) is 5.14. The van der Waals surface area contributed by atoms with Crippen molar-refractivity contribution in [2.45, 2.75) is 52.2 Å². The van der Waals surface area contributed by atoms with Crippen LogP contribution in [0.15, 0.2) is 4.52 Å². The number of hydrogen-bond acceptors (Lipinski definition) is 5. The van der Waals surface area contributed by atoms with E-state index in [0.29, 0.717) is 18.0 Å². The van der Waals surface area contributed by atoms with Crippen LogP contribution in [-0.4, -0.2) is 40.2 Å². The highest BCUT2D eigenvalue weighted by Crippen LogP contribution is 2.14. The molecule has 1 aliphatic rings. The van der Waals surface area contributed by atoms with E-state index in [-0.39, 0.29) is 0 Å². The fourth-order valence-corrected chi connectivity index (χ4v) is 2.07. The van der Waals surface area contributed by atoms with Crippen LogP contribution in [0.25, 0.3) is 0 Å². The predicted octanol–water partition coefficient (Wildman–Crippen LogP) is 1.38. The lowest BCUT2D eigenvalue weighted by Crippen LogP contribution is -2.53. The molecule has 1 aromatic rings. The van der Waals surface area contributed by atoms with Crippen molar-refractivity contribution < 1.29 is 4.52 Å². The lowest BCUT2D eigenvalue weighted by atomic mass is 10.1. The summed E-state index contributed by atoms with van der Waals surface area (Å²) in [5.41, 5.74) is 0. The molecule has 96 valence electrons. The summed E-state index contributed by atoms with van der Waals surface area (Å²) in [6, 6.07) is 1.05. The Balaban J connectivity index is 1.98. The molecule has 1 N–H and O–H groups in total. The second-order valence-electron chi connectivity index (χ2n) is 5.29. The molecule has 0 spiro atoms. The molecule has 5 heteroatoms. The van der Waals surface area contributed by atoms with Crippen molar-refractivity contribution in [3.8, 4) is 0 Å². The summed E-state index contributed by atoms with van der Waals surface area (Å²) < 4.78 is 5.23. The third-order valence-corrected chi connectivity index (χ3v) is 3.22. The van der Waals surface area contributed by atoms with Gasteiger partial charge < -0.3 is 9.84 Å². The van der Waals surface area contributed by atoms with E-state index >= 15 is 0 Å². The molecule has 1 aliphatic heterocycles. The molecular formula is C12H22N4O. The number of aromatic nitrogens is 2. The molecule has 1 fully saturated rings. The standard InChI is InChI=1S/C12H22N4O/c1-8(2)12-14-11(15-17-12)7-16-6-9(3)13-5-10(16)4/h8-10,13H,5-7H2,1-4H3. The quantitative estimate of drug-likeness (QED) is 0.862. The summed E-state index contributed by atoms with van der Waals surface area (Å²) in [6.07, 6.45) is 0. The lowest BCUT2D eigenvalue weighted by Gasteiger charge is -2.36. The minimum atomic E-state index is 0.301. The van der Waals surface area contributed by atoms with Gasteiger partial charge in [0, 0.05) is 31.1 Å². The SMILES string of the molecule is CC1CN(Cc2noc(C(C)C)n2)C(C)CN1. The summed E-state index contributed by atoms with van der Waals surface area (Å²) in [7, 11) is 0. The Morgan fingerprint density at radius 1 is 1.47 bits per heavy atom. The van der Waals surface area contributed by atoms with E-state index in [1.807, 2.05) is 0 Å². The molecule has 0 aromatic carbocycles. The Kier molecular flexibility index (Phi) is 3.79. The first-order valence-electron chi connectivity index (χ1n) is 6.36. The minimum Gasteiger partial charge on any atom is -0.339 e. The molecule has 0 amide bonds. The van der Waals surface area contributed by atoms with Crippen molar-refractivity contribution >= 4 is 0 Å². The van der Waals surface area contributed by atoms with Crippen LogP contribution in [0.3, 0.4) is 0 Å². The summed E-state index contributed by atoms with van der Waals surface area (Å²) in [5.74, 6) is 1.83. The van der Waals surface area contributed by atoms with Gasteiger partial charge in [-0.2, -0.15) is 4.98 Å². The van der Waals surface area contributed by atoms with Crippen LogP contribution >= 0.6 is 0 Å². The van der Waals surface area contributed by atoms with Gasteiger partial charge in [0.05, 0.1) is 6.54 Å². The molecule has 17 heavy (non-hydrogen) atoms. The van der Waals surface area contributed by atoms with Gasteiger partial charge in [-0.1, -0.05) is 19.0 Å². The van der Waals surface area contributed by atoms with Gasteiger partial charge in [-0.3, -0.25) is 4.90 Å². The van der Waals surface area contributed by atoms with Crippen molar-refractivity contribution in [3.05, 3.63) is 11.7 Å². The lowest BCUT2D eigenvalue weighted by molar-refractivity contribution is 0.134. The highest BCUT2D eigenvalue weighted by atomic mass is 16.5. The summed E-state index contributed by atoms with van der Waals surface area (Å²) in [5, 5.41) is 7.51. The van der Waals surface area contributed by atoms with Crippen molar-refractivity contribution in [2.75, 3.05) is 13.1 Å². The number of hydrogen-bond donors (Lipinski definition) is 1. The minimum absolute atomic E-state index is 0.301. The molecule has 2 atom stereocenters. The Labute approximate surface area is 103 Å². The van der Waals surface area contributed by atoms with Crippen LogP contribution in [-0.2, 0) is 6.54 Å². The summed E-state index contributed by atoms with van der Waals surface area (Å²) >= 11 is 0. The van der Waals surface area contributed by atoms with Crippen molar-refractivity contribution in [1.82, 2.24) is 20.4 Å². The van der Waals surface area contributed by atoms with Crippen LogP contribution in [0.5, 0.6) is 0 Å². The first-order chi connectivity index (χ1) is 8.06. The Morgan fingerprint density at radius 2 is 2.24 bits per heavy atom. The van der Waals surface area contributed by atoms with Crippen LogP contribution in [0, 0.1) is 0 Å². The highest BCUT2D eigenvalue weighted by molar-refractivity contribution is 4.92. The highest BCUT2D eigenvalue weighted by Gasteiger charge is 2.24. The van der Waals surface area contributed by atoms with E-state index in [0.717, 1.165) is 31.3 Å². The molecule has 1 saturated heterocycles. The van der Waals surface area contributed by atoms with Gasteiger partial charge >= 0.3 is 0 Å². The summed E-state index contributed by atoms with van der Waals surface area (Å²) in [4.78, 5) is 6.82. The van der Waals surface area contributed by atoms with Crippen LogP contribution < -0.4 is 5.32 Å². The van der Waals surface area contributed by atoms with E-state index in [9.17, 15) is 0 Å². The van der Waals surface area contributed by atoms with Gasteiger partial charge in [-0.25, -0.2) is 0 Å². The molecule has 2 heterocycles. The maximum Gasteiger partial charge on any atom is 0.229 e. The van der Waals surface area contributed by atoms with E-state index in [2.05, 4.69) is 48.1 Å². The topological polar surface area (TPSA) is 54.2 Å². The third kappa shape index (κ3) is 3.04. The monoisotopic (exact) mass is 238 g/mol. The molecule has 1 aromatic heterocycles. The van der Waals surface area contributed by atoms with Gasteiger partial charge in [-0.05, 0) is 13.8 Å². The smallest absolute Gasteiger partial charge is 0.229 e. The maximum absolute atomic E-state index is 5.23. The first-order valence-corrected chi connectivity index (χ1v) is 6.36. The van der Waals surface area contributed by atoms with Gasteiger partial charge in [0.2, 0.25) is 5.89 Å². The Bertz CT molecular complexity index is 363. The number of nitrogens with one attached hydrogen (secondary N) is 1. The zero-order chi connectivity index (χ0) is 12.4. The normalized spacial score (nSPS) is 26.6. The van der Waals surface area contributed by atoms with E-state index < -0.39 is 0 Å². The van der Waals surface area contributed by atoms with Crippen LogP contribution in [0.2, 0.25) is 0 Å². The largest absolute Gasteiger partial charge is 0.339 e. The van der Waals surface area contributed by atoms with E-state index in [4.69, 9.17) is 4.52 Å². The number of rotatable bonds is 3. The van der Waals surface area contributed by atoms with E-state index in [1.165, 1.54) is 0 Å². The average Bonchev–Trinajstić information content (AvgIpc) is 2.72. The number of piperazine rings is 1. The molecule has 5 nitrogen and oxygen atoms in total. The molecule has 0 bridgehead atoms. The second-order valence-corrected chi connectivity index (χ2v) is 5.29. The van der Waals surface area contributed by atoms with Gasteiger partial charge in [0.15, 0.2) is 5.82 Å². The molecule has 0 saturated carbocycles. The van der Waals surface area contributed by atoms with Crippen LogP contribution in [0.1, 0.15) is 45.3 Å². The molecule has 0 aliphatic carbocycles. The Morgan fingerprint density at radius 3 is 2.88 bits per heavy atom. The van der Waals surface area contributed by atoms with Crippen molar-refractivity contribution in [2.24, 2.45) is 0 Å². The fourth-order valence-electron chi connectivity index (χ4n) is 2.07. The zero-order valence-electron chi connectivity index (χ0n) is 11.1. The van der Waals surface area contributed by atoms with Crippen molar-refractivity contribution in [3.63, 3.8) is 0 Å². The molecule has 2 unspecified atom stereocenters. The van der Waals surface area contributed by atoms with Crippen molar-refractivity contribution in [1.29, 1.82) is 0 Å². The van der Waals surface area contributed by atoms with Gasteiger partial charge in [-0.15, -0.1) is 0 Å². The molecule has 0 radical (unpaired) electrons. The summed E-state index contributed by atoms with van der Waals surface area (Å²) in [6.45, 7) is 11.4. The number of nitrogens with zero attached hydrogens (tertiary/aromatic N) is 3. The van der Waals surface area contributed by atoms with Crippen LogP contribution in [0.4, 0.5) is 0 Å². The Hall–Kier alpha value is -0.940. The van der Waals surface area contributed by atoms with Gasteiger partial charge in [0.1, 0.15) is 0 Å². The van der Waals surface area contributed by atoms with Gasteiger partial charge in [0.25, 0.3) is 0 Å². The molecular weight excluding hydrogens is 216 g/mol. The fraction of sp³-hybridized carbons (Fsp3) is 0.833. The average molecular weight is 238 g/mol. The predicted molar refractivity (Wildman–Crippen MR) is 65.7 cm³/mol. The first kappa shape index (κ1) is 12.5. The maximum atomic E-state index is 5.23. The zero-order valence-corrected chi connectivity index (χ0v) is 11.1. The molecule has 2 rings (SSSR count). The van der Waals surface area contributed by atoms with E-state index in [1.54, 1.807) is 0 Å².